The minimum absolute atomic E-state index is 0.621. The summed E-state index contributed by atoms with van der Waals surface area (Å²) in [4.78, 5) is 14.4. The number of fused-ring (bicyclic) bond motifs is 6. The third-order valence-electron chi connectivity index (χ3n) is 6.55. The minimum Gasteiger partial charge on any atom is -0.437 e. The summed E-state index contributed by atoms with van der Waals surface area (Å²) in [6, 6.07) is 19.4. The van der Waals surface area contributed by atoms with Crippen molar-refractivity contribution in [3.8, 4) is 11.3 Å². The van der Waals surface area contributed by atoms with Gasteiger partial charge in [-0.05, 0) is 73.9 Å². The van der Waals surface area contributed by atoms with Crippen LogP contribution in [-0.2, 0) is 6.42 Å². The fourth-order valence-electron chi connectivity index (χ4n) is 5.20. The summed E-state index contributed by atoms with van der Waals surface area (Å²) in [5, 5.41) is 5.55. The van der Waals surface area contributed by atoms with Crippen LogP contribution in [0, 0.1) is 26.7 Å². The Hall–Kier alpha value is -3.79. The van der Waals surface area contributed by atoms with Crippen LogP contribution in [0.1, 0.15) is 36.5 Å². The molecule has 0 bridgehead atoms. The van der Waals surface area contributed by atoms with Crippen molar-refractivity contribution >= 4 is 43.7 Å². The van der Waals surface area contributed by atoms with Crippen LogP contribution < -0.4 is 0 Å². The molecule has 0 unspecified atom stereocenters. The van der Waals surface area contributed by atoms with Crippen LogP contribution >= 0.6 is 0 Å². The summed E-state index contributed by atoms with van der Waals surface area (Å²) in [5.41, 5.74) is 7.92. The Kier molecular flexibility index (Phi) is 4.66. The molecule has 6 rings (SSSR count). The number of hydrogen-bond donors (Lipinski definition) is 0. The van der Waals surface area contributed by atoms with Crippen LogP contribution in [0.4, 0.5) is 0 Å². The number of furan rings is 1. The van der Waals surface area contributed by atoms with Gasteiger partial charge in [0.05, 0.1) is 11.2 Å². The smallest absolute Gasteiger partial charge is 0.227 e. The highest BCUT2D eigenvalue weighted by Crippen LogP contribution is 2.39. The van der Waals surface area contributed by atoms with Gasteiger partial charge in [-0.15, -0.1) is 0 Å². The molecule has 0 radical (unpaired) electrons. The molecule has 0 N–H and O–H groups in total. The molecule has 0 fully saturated rings. The quantitative estimate of drug-likeness (QED) is 0.260. The van der Waals surface area contributed by atoms with Gasteiger partial charge in [-0.2, -0.15) is 0 Å². The van der Waals surface area contributed by atoms with Gasteiger partial charge >= 0.3 is 0 Å². The monoisotopic (exact) mass is 445 g/mol. The summed E-state index contributed by atoms with van der Waals surface area (Å²) in [5.74, 6) is 1.37. The first-order chi connectivity index (χ1) is 16.4. The van der Waals surface area contributed by atoms with Crippen LogP contribution in [0.3, 0.4) is 0 Å². The highest BCUT2D eigenvalue weighted by Gasteiger charge is 2.18. The second kappa shape index (κ2) is 7.63. The molecule has 0 aliphatic carbocycles. The minimum atomic E-state index is 0.621. The summed E-state index contributed by atoms with van der Waals surface area (Å²) in [7, 11) is 0. The zero-order valence-electron chi connectivity index (χ0n) is 20.2. The van der Waals surface area contributed by atoms with E-state index in [1.807, 2.05) is 19.9 Å². The molecule has 3 aromatic heterocycles. The van der Waals surface area contributed by atoms with Crippen LogP contribution in [0.25, 0.3) is 55.0 Å². The zero-order valence-corrected chi connectivity index (χ0v) is 20.2. The van der Waals surface area contributed by atoms with E-state index in [-0.39, 0.29) is 0 Å². The van der Waals surface area contributed by atoms with Gasteiger partial charge < -0.3 is 4.42 Å². The molecule has 4 heteroatoms. The normalized spacial score (nSPS) is 12.1. The second-order valence-corrected chi connectivity index (χ2v) is 9.78. The average molecular weight is 446 g/mol. The second-order valence-electron chi connectivity index (χ2n) is 9.78. The maximum absolute atomic E-state index is 6.30. The third kappa shape index (κ3) is 3.25. The van der Waals surface area contributed by atoms with Crippen molar-refractivity contribution in [1.29, 1.82) is 0 Å². The van der Waals surface area contributed by atoms with E-state index in [1.165, 1.54) is 21.9 Å². The molecule has 0 amide bonds. The Morgan fingerprint density at radius 3 is 2.47 bits per heavy atom. The van der Waals surface area contributed by atoms with Crippen LogP contribution in [0.2, 0.25) is 0 Å². The van der Waals surface area contributed by atoms with Gasteiger partial charge in [0.1, 0.15) is 11.4 Å². The lowest BCUT2D eigenvalue weighted by Crippen LogP contribution is -1.98. The van der Waals surface area contributed by atoms with Gasteiger partial charge in [0, 0.05) is 32.8 Å². The highest BCUT2D eigenvalue weighted by atomic mass is 16.3. The van der Waals surface area contributed by atoms with Crippen molar-refractivity contribution in [3.05, 3.63) is 77.2 Å². The number of aromatic nitrogens is 3. The number of rotatable bonds is 3. The Bertz CT molecular complexity index is 1740. The predicted molar refractivity (Wildman–Crippen MR) is 140 cm³/mol. The van der Waals surface area contributed by atoms with E-state index in [4.69, 9.17) is 14.4 Å². The van der Waals surface area contributed by atoms with Gasteiger partial charge in [0.15, 0.2) is 0 Å². The summed E-state index contributed by atoms with van der Waals surface area (Å²) in [6.07, 6.45) is 1.07. The van der Waals surface area contributed by atoms with Gasteiger partial charge in [0.25, 0.3) is 0 Å². The molecule has 0 saturated heterocycles. The van der Waals surface area contributed by atoms with Crippen LogP contribution in [0.5, 0.6) is 0 Å². The third-order valence-corrected chi connectivity index (χ3v) is 6.55. The summed E-state index contributed by atoms with van der Waals surface area (Å²) < 4.78 is 6.30. The number of benzene rings is 3. The van der Waals surface area contributed by atoms with Crippen molar-refractivity contribution in [2.24, 2.45) is 5.92 Å². The van der Waals surface area contributed by atoms with E-state index in [0.29, 0.717) is 11.6 Å². The number of hydrogen-bond acceptors (Lipinski definition) is 4. The van der Waals surface area contributed by atoms with Crippen molar-refractivity contribution in [2.75, 3.05) is 0 Å². The molecule has 0 atom stereocenters. The highest BCUT2D eigenvalue weighted by molar-refractivity contribution is 6.14. The largest absolute Gasteiger partial charge is 0.437 e. The molecular weight excluding hydrogens is 418 g/mol. The van der Waals surface area contributed by atoms with E-state index < -0.39 is 0 Å². The van der Waals surface area contributed by atoms with Crippen molar-refractivity contribution in [1.82, 2.24) is 15.0 Å². The molecule has 6 aromatic rings. The average Bonchev–Trinajstić information content (AvgIpc) is 3.15. The van der Waals surface area contributed by atoms with Crippen molar-refractivity contribution in [3.63, 3.8) is 0 Å². The molecule has 168 valence electrons. The lowest BCUT2D eigenvalue weighted by atomic mass is 9.94. The van der Waals surface area contributed by atoms with E-state index in [0.717, 1.165) is 56.5 Å². The van der Waals surface area contributed by atoms with Gasteiger partial charge in [-0.3, -0.25) is 0 Å². The Morgan fingerprint density at radius 2 is 1.65 bits per heavy atom. The number of para-hydroxylation sites is 1. The topological polar surface area (TPSA) is 51.8 Å². The van der Waals surface area contributed by atoms with E-state index in [1.54, 1.807) is 0 Å². The maximum atomic E-state index is 6.30. The molecule has 0 aliphatic heterocycles. The predicted octanol–water partition coefficient (Wildman–Crippen LogP) is 7.87. The van der Waals surface area contributed by atoms with E-state index >= 15 is 0 Å². The standard InChI is InChI=1S/C30H27N3O/c1-16(2)13-20-14-17(3)26-21(15-20)10-12-24-27(32-19(5)33-28(24)26)25-8-6-7-22-23-11-9-18(4)31-30(23)34-29(22)25/h6-12,14-16H,13H2,1-5H3. The Labute approximate surface area is 198 Å². The van der Waals surface area contributed by atoms with E-state index in [9.17, 15) is 0 Å². The van der Waals surface area contributed by atoms with Crippen molar-refractivity contribution < 1.29 is 4.42 Å². The lowest BCUT2D eigenvalue weighted by Gasteiger charge is -2.14. The molecule has 3 aromatic carbocycles. The fraction of sp³-hybridized carbons (Fsp3) is 0.233. The van der Waals surface area contributed by atoms with Crippen LogP contribution in [0.15, 0.2) is 59.0 Å². The first kappa shape index (κ1) is 20.8. The van der Waals surface area contributed by atoms with Crippen LogP contribution in [-0.4, -0.2) is 15.0 Å². The van der Waals surface area contributed by atoms with E-state index in [2.05, 4.69) is 74.3 Å². The van der Waals surface area contributed by atoms with Crippen molar-refractivity contribution in [2.45, 2.75) is 41.0 Å². The number of aryl methyl sites for hydroxylation is 3. The van der Waals surface area contributed by atoms with Gasteiger partial charge in [-0.1, -0.05) is 44.2 Å². The molecule has 34 heavy (non-hydrogen) atoms. The van der Waals surface area contributed by atoms with Gasteiger partial charge in [-0.25, -0.2) is 15.0 Å². The Balaban J connectivity index is 1.66. The van der Waals surface area contributed by atoms with Gasteiger partial charge in [0.2, 0.25) is 5.71 Å². The molecule has 0 aliphatic rings. The first-order valence-electron chi connectivity index (χ1n) is 11.9. The zero-order chi connectivity index (χ0) is 23.6. The molecule has 4 nitrogen and oxygen atoms in total. The first-order valence-corrected chi connectivity index (χ1v) is 11.9. The molecule has 0 spiro atoms. The lowest BCUT2D eigenvalue weighted by molar-refractivity contribution is 0.647. The number of pyridine rings is 1. The Morgan fingerprint density at radius 1 is 0.824 bits per heavy atom. The summed E-state index contributed by atoms with van der Waals surface area (Å²) >= 11 is 0. The SMILES string of the molecule is Cc1ccc2c(n1)oc1c(-c3nc(C)nc4c3ccc3cc(CC(C)C)cc(C)c34)cccc12. The summed E-state index contributed by atoms with van der Waals surface area (Å²) in [6.45, 7) is 10.7. The fourth-order valence-corrected chi connectivity index (χ4v) is 5.20. The number of nitrogens with zero attached hydrogens (tertiary/aromatic N) is 3. The maximum Gasteiger partial charge on any atom is 0.227 e. The molecular formula is C30H27N3O. The molecule has 3 heterocycles. The molecule has 0 saturated carbocycles.